The van der Waals surface area contributed by atoms with Crippen molar-refractivity contribution < 1.29 is 4.79 Å². The molecule has 2 atom stereocenters. The lowest BCUT2D eigenvalue weighted by Crippen LogP contribution is -2.50. The number of carbonyl (C=O) groups excluding carboxylic acids is 1. The molecule has 1 saturated heterocycles. The number of hydrogen-bond donors (Lipinski definition) is 1. The number of urea groups is 1. The summed E-state index contributed by atoms with van der Waals surface area (Å²) < 4.78 is 0. The van der Waals surface area contributed by atoms with Crippen molar-refractivity contribution in [1.29, 1.82) is 0 Å². The van der Waals surface area contributed by atoms with E-state index in [0.29, 0.717) is 17.2 Å². The van der Waals surface area contributed by atoms with Crippen molar-refractivity contribution in [3.63, 3.8) is 0 Å². The summed E-state index contributed by atoms with van der Waals surface area (Å²) in [4.78, 5) is 20.5. The van der Waals surface area contributed by atoms with Gasteiger partial charge in [0, 0.05) is 37.3 Å². The van der Waals surface area contributed by atoms with Crippen LogP contribution in [0, 0.1) is 0 Å². The number of amides is 2. The number of piperidine rings is 1. The maximum absolute atomic E-state index is 12.1. The molecule has 1 aromatic heterocycles. The van der Waals surface area contributed by atoms with Crippen molar-refractivity contribution in [2.45, 2.75) is 38.8 Å². The molecule has 0 aromatic carbocycles. The molecule has 0 aliphatic carbocycles. The Hall–Kier alpha value is -1.14. The molecule has 0 saturated carbocycles. The third-order valence-electron chi connectivity index (χ3n) is 3.91. The average Bonchev–Trinajstić information content (AvgIpc) is 2.90. The van der Waals surface area contributed by atoms with Crippen LogP contribution in [0.1, 0.15) is 26.7 Å². The number of anilines is 1. The summed E-state index contributed by atoms with van der Waals surface area (Å²) in [6.07, 6.45) is 3.78. The number of nitrogens with zero attached hydrogens (tertiary/aromatic N) is 3. The van der Waals surface area contributed by atoms with E-state index in [1.165, 1.54) is 11.3 Å². The topological polar surface area (TPSA) is 48.5 Å². The maximum atomic E-state index is 12.1. The van der Waals surface area contributed by atoms with Gasteiger partial charge in [-0.15, -0.1) is 11.3 Å². The van der Waals surface area contributed by atoms with E-state index in [-0.39, 0.29) is 6.03 Å². The Bertz CT molecular complexity index is 409. The average molecular weight is 282 g/mol. The van der Waals surface area contributed by atoms with Crippen molar-refractivity contribution in [1.82, 2.24) is 14.8 Å². The van der Waals surface area contributed by atoms with Crippen LogP contribution in [0.3, 0.4) is 0 Å². The molecular weight excluding hydrogens is 260 g/mol. The van der Waals surface area contributed by atoms with Crippen molar-refractivity contribution in [3.8, 4) is 0 Å². The molecule has 1 aromatic rings. The zero-order valence-electron chi connectivity index (χ0n) is 11.8. The lowest BCUT2D eigenvalue weighted by molar-refractivity contribution is 0.104. The Morgan fingerprint density at radius 2 is 2.47 bits per heavy atom. The summed E-state index contributed by atoms with van der Waals surface area (Å²) >= 11 is 1.44. The highest BCUT2D eigenvalue weighted by molar-refractivity contribution is 7.13. The van der Waals surface area contributed by atoms with E-state index in [4.69, 9.17) is 0 Å². The second-order valence-electron chi connectivity index (χ2n) is 5.03. The number of likely N-dealkylation sites (tertiary alicyclic amines) is 1. The molecule has 19 heavy (non-hydrogen) atoms. The highest BCUT2D eigenvalue weighted by Crippen LogP contribution is 2.21. The minimum Gasteiger partial charge on any atom is -0.324 e. The van der Waals surface area contributed by atoms with E-state index >= 15 is 0 Å². The number of nitrogens with one attached hydrogen (secondary N) is 1. The summed E-state index contributed by atoms with van der Waals surface area (Å²) in [5.41, 5.74) is 0. The van der Waals surface area contributed by atoms with Gasteiger partial charge in [0.1, 0.15) is 0 Å². The Labute approximate surface area is 118 Å². The van der Waals surface area contributed by atoms with E-state index in [1.807, 2.05) is 17.3 Å². The van der Waals surface area contributed by atoms with Crippen LogP contribution in [-0.4, -0.2) is 53.0 Å². The van der Waals surface area contributed by atoms with Crippen molar-refractivity contribution in [2.24, 2.45) is 0 Å². The molecule has 1 aliphatic heterocycles. The van der Waals surface area contributed by atoms with Crippen LogP contribution in [0.15, 0.2) is 11.6 Å². The molecule has 1 N–H and O–H groups in total. The summed E-state index contributed by atoms with van der Waals surface area (Å²) in [6.45, 7) is 6.58. The predicted octanol–water partition coefficient (Wildman–Crippen LogP) is 2.48. The van der Waals surface area contributed by atoms with Gasteiger partial charge in [-0.25, -0.2) is 9.78 Å². The second kappa shape index (κ2) is 6.34. The normalized spacial score (nSPS) is 24.2. The first-order valence-corrected chi connectivity index (χ1v) is 7.67. The zero-order valence-corrected chi connectivity index (χ0v) is 12.6. The van der Waals surface area contributed by atoms with Gasteiger partial charge in [0.2, 0.25) is 0 Å². The van der Waals surface area contributed by atoms with Crippen LogP contribution in [0.5, 0.6) is 0 Å². The van der Waals surface area contributed by atoms with E-state index in [1.54, 1.807) is 6.20 Å². The number of carbonyl (C=O) groups is 1. The zero-order chi connectivity index (χ0) is 13.8. The Morgan fingerprint density at radius 1 is 1.68 bits per heavy atom. The van der Waals surface area contributed by atoms with E-state index in [0.717, 1.165) is 25.9 Å². The molecule has 106 valence electrons. The quantitative estimate of drug-likeness (QED) is 0.926. The van der Waals surface area contributed by atoms with Gasteiger partial charge in [-0.2, -0.15) is 0 Å². The molecule has 2 rings (SSSR count). The standard InChI is InChI=1S/C13H22N4OS/c1-4-17-7-5-11(9-10(17)2)16(3)13(18)15-12-14-6-8-19-12/h6,8,10-11H,4-5,7,9H2,1-3H3,(H,14,15,18)/t10-,11+/m0/s1. The van der Waals surface area contributed by atoms with Gasteiger partial charge in [-0.05, 0) is 26.3 Å². The molecule has 6 heteroatoms. The third kappa shape index (κ3) is 3.45. The SMILES string of the molecule is CCN1CC[C@@H](N(C)C(=O)Nc2nccs2)C[C@@H]1C. The first kappa shape index (κ1) is 14.3. The minimum atomic E-state index is -0.0582. The number of thiazole rings is 1. The Morgan fingerprint density at radius 3 is 3.05 bits per heavy atom. The molecular formula is C13H22N4OS. The minimum absolute atomic E-state index is 0.0582. The second-order valence-corrected chi connectivity index (χ2v) is 5.93. The monoisotopic (exact) mass is 282 g/mol. The largest absolute Gasteiger partial charge is 0.324 e. The molecule has 2 amide bonds. The molecule has 0 bridgehead atoms. The fourth-order valence-corrected chi connectivity index (χ4v) is 3.17. The van der Waals surface area contributed by atoms with Crippen molar-refractivity contribution >= 4 is 22.5 Å². The van der Waals surface area contributed by atoms with Crippen LogP contribution in [-0.2, 0) is 0 Å². The molecule has 1 aliphatic rings. The Kier molecular flexibility index (Phi) is 4.76. The van der Waals surface area contributed by atoms with Gasteiger partial charge in [-0.3, -0.25) is 5.32 Å². The lowest BCUT2D eigenvalue weighted by atomic mass is 9.97. The van der Waals surface area contributed by atoms with Gasteiger partial charge in [0.05, 0.1) is 0 Å². The molecule has 2 heterocycles. The number of aromatic nitrogens is 1. The third-order valence-corrected chi connectivity index (χ3v) is 4.60. The van der Waals surface area contributed by atoms with Gasteiger partial charge >= 0.3 is 6.03 Å². The summed E-state index contributed by atoms with van der Waals surface area (Å²) in [7, 11) is 1.88. The summed E-state index contributed by atoms with van der Waals surface area (Å²) in [5, 5.41) is 5.36. The summed E-state index contributed by atoms with van der Waals surface area (Å²) in [6, 6.07) is 0.800. The van der Waals surface area contributed by atoms with Crippen LogP contribution in [0.2, 0.25) is 0 Å². The van der Waals surface area contributed by atoms with Crippen LogP contribution >= 0.6 is 11.3 Å². The summed E-state index contributed by atoms with van der Waals surface area (Å²) in [5.74, 6) is 0. The molecule has 0 spiro atoms. The van der Waals surface area contributed by atoms with Crippen molar-refractivity contribution in [3.05, 3.63) is 11.6 Å². The lowest BCUT2D eigenvalue weighted by Gasteiger charge is -2.40. The highest BCUT2D eigenvalue weighted by Gasteiger charge is 2.29. The molecule has 1 fully saturated rings. The van der Waals surface area contributed by atoms with Crippen LogP contribution in [0.4, 0.5) is 9.93 Å². The van der Waals surface area contributed by atoms with E-state index in [2.05, 4.69) is 29.0 Å². The molecule has 0 unspecified atom stereocenters. The van der Waals surface area contributed by atoms with Crippen LogP contribution < -0.4 is 5.32 Å². The molecule has 0 radical (unpaired) electrons. The van der Waals surface area contributed by atoms with E-state index in [9.17, 15) is 4.79 Å². The first-order valence-electron chi connectivity index (χ1n) is 6.79. The maximum Gasteiger partial charge on any atom is 0.323 e. The first-order chi connectivity index (χ1) is 9.11. The van der Waals surface area contributed by atoms with Crippen LogP contribution in [0.25, 0.3) is 0 Å². The Balaban J connectivity index is 1.89. The smallest absolute Gasteiger partial charge is 0.323 e. The number of rotatable bonds is 3. The molecule has 5 nitrogen and oxygen atoms in total. The highest BCUT2D eigenvalue weighted by atomic mass is 32.1. The number of hydrogen-bond acceptors (Lipinski definition) is 4. The fourth-order valence-electron chi connectivity index (χ4n) is 2.65. The fraction of sp³-hybridized carbons (Fsp3) is 0.692. The predicted molar refractivity (Wildman–Crippen MR) is 78.6 cm³/mol. The van der Waals surface area contributed by atoms with E-state index < -0.39 is 0 Å². The van der Waals surface area contributed by atoms with Crippen molar-refractivity contribution in [2.75, 3.05) is 25.5 Å². The van der Waals surface area contributed by atoms with Gasteiger partial charge < -0.3 is 9.80 Å². The van der Waals surface area contributed by atoms with Gasteiger partial charge in [-0.1, -0.05) is 6.92 Å². The van der Waals surface area contributed by atoms with Gasteiger partial charge in [0.15, 0.2) is 5.13 Å². The van der Waals surface area contributed by atoms with Gasteiger partial charge in [0.25, 0.3) is 0 Å².